The molecule has 9 heteroatoms. The molecule has 140 valence electrons. The lowest BCUT2D eigenvalue weighted by atomic mass is 10.2. The Balaban J connectivity index is 1.77. The van der Waals surface area contributed by atoms with Gasteiger partial charge in [-0.1, -0.05) is 6.92 Å². The van der Waals surface area contributed by atoms with Crippen molar-refractivity contribution in [3.63, 3.8) is 0 Å². The molecular weight excluding hydrogens is 358 g/mol. The zero-order valence-corrected chi connectivity index (χ0v) is 15.1. The fourth-order valence-electron chi connectivity index (χ4n) is 2.13. The average molecular weight is 379 g/mol. The zero-order valence-electron chi connectivity index (χ0n) is 14.3. The normalized spacial score (nSPS) is 11.0. The molecule has 2 amide bonds. The van der Waals surface area contributed by atoms with Gasteiger partial charge in [0, 0.05) is 24.3 Å². The Kier molecular flexibility index (Phi) is 6.79. The van der Waals surface area contributed by atoms with Crippen LogP contribution >= 0.6 is 0 Å². The second kappa shape index (κ2) is 9.04. The highest BCUT2D eigenvalue weighted by molar-refractivity contribution is 7.92. The van der Waals surface area contributed by atoms with Crippen LogP contribution in [-0.2, 0) is 14.8 Å². The highest BCUT2D eigenvalue weighted by Gasteiger charge is 2.10. The van der Waals surface area contributed by atoms with Crippen LogP contribution in [0.4, 0.5) is 11.4 Å². The third kappa shape index (κ3) is 6.25. The number of nitrogens with one attached hydrogen (secondary N) is 3. The van der Waals surface area contributed by atoms with Gasteiger partial charge in [0.2, 0.25) is 15.9 Å². The monoisotopic (exact) mass is 379 g/mol. The van der Waals surface area contributed by atoms with E-state index in [-0.39, 0.29) is 36.3 Å². The SMILES string of the molecule is CCCS(=O)(=O)Nc1ccc(NC(=O)CCNC(=O)c2ccco2)cc1. The van der Waals surface area contributed by atoms with E-state index in [2.05, 4.69) is 15.4 Å². The van der Waals surface area contributed by atoms with Crippen LogP contribution in [0.25, 0.3) is 0 Å². The molecule has 0 bridgehead atoms. The molecular formula is C17H21N3O5S. The quantitative estimate of drug-likeness (QED) is 0.617. The molecule has 0 atom stereocenters. The summed E-state index contributed by atoms with van der Waals surface area (Å²) >= 11 is 0. The molecule has 0 aliphatic heterocycles. The van der Waals surface area contributed by atoms with Gasteiger partial charge in [0.25, 0.3) is 5.91 Å². The van der Waals surface area contributed by atoms with E-state index < -0.39 is 10.0 Å². The Morgan fingerprint density at radius 2 is 1.77 bits per heavy atom. The van der Waals surface area contributed by atoms with E-state index in [1.165, 1.54) is 12.3 Å². The van der Waals surface area contributed by atoms with E-state index in [1.54, 1.807) is 37.3 Å². The largest absolute Gasteiger partial charge is 0.459 e. The van der Waals surface area contributed by atoms with Crippen LogP contribution in [0.1, 0.15) is 30.3 Å². The number of rotatable bonds is 9. The molecule has 8 nitrogen and oxygen atoms in total. The van der Waals surface area contributed by atoms with Gasteiger partial charge in [-0.3, -0.25) is 14.3 Å². The Morgan fingerprint density at radius 1 is 1.08 bits per heavy atom. The number of furan rings is 1. The van der Waals surface area contributed by atoms with Gasteiger partial charge < -0.3 is 15.1 Å². The molecule has 0 unspecified atom stereocenters. The molecule has 3 N–H and O–H groups in total. The van der Waals surface area contributed by atoms with Gasteiger partial charge in [-0.15, -0.1) is 0 Å². The minimum absolute atomic E-state index is 0.0508. The summed E-state index contributed by atoms with van der Waals surface area (Å²) in [4.78, 5) is 23.5. The van der Waals surface area contributed by atoms with Crippen molar-refractivity contribution >= 4 is 33.2 Å². The van der Waals surface area contributed by atoms with Crippen molar-refractivity contribution < 1.29 is 22.4 Å². The fraction of sp³-hybridized carbons (Fsp3) is 0.294. The smallest absolute Gasteiger partial charge is 0.286 e. The molecule has 0 aliphatic rings. The predicted molar refractivity (Wildman–Crippen MR) is 98.4 cm³/mol. The lowest BCUT2D eigenvalue weighted by molar-refractivity contribution is -0.116. The van der Waals surface area contributed by atoms with E-state index >= 15 is 0 Å². The van der Waals surface area contributed by atoms with Gasteiger partial charge in [-0.25, -0.2) is 8.42 Å². The molecule has 26 heavy (non-hydrogen) atoms. The van der Waals surface area contributed by atoms with Crippen molar-refractivity contribution in [2.24, 2.45) is 0 Å². The molecule has 0 radical (unpaired) electrons. The highest BCUT2D eigenvalue weighted by atomic mass is 32.2. The van der Waals surface area contributed by atoms with E-state index in [0.717, 1.165) is 0 Å². The Labute approximate surface area is 152 Å². The zero-order chi connectivity index (χ0) is 19.0. The molecule has 1 heterocycles. The Bertz CT molecular complexity index is 830. The Morgan fingerprint density at radius 3 is 2.38 bits per heavy atom. The van der Waals surface area contributed by atoms with Gasteiger partial charge in [-0.2, -0.15) is 0 Å². The summed E-state index contributed by atoms with van der Waals surface area (Å²) in [6.45, 7) is 1.95. The average Bonchev–Trinajstić information content (AvgIpc) is 3.11. The van der Waals surface area contributed by atoms with Crippen LogP contribution in [0.5, 0.6) is 0 Å². The van der Waals surface area contributed by atoms with Crippen molar-refractivity contribution in [2.75, 3.05) is 22.3 Å². The summed E-state index contributed by atoms with van der Waals surface area (Å²) in [6, 6.07) is 9.48. The number of anilines is 2. The highest BCUT2D eigenvalue weighted by Crippen LogP contribution is 2.15. The summed E-state index contributed by atoms with van der Waals surface area (Å²) in [7, 11) is -3.34. The van der Waals surface area contributed by atoms with Gasteiger partial charge >= 0.3 is 0 Å². The minimum atomic E-state index is -3.34. The van der Waals surface area contributed by atoms with E-state index in [4.69, 9.17) is 4.42 Å². The topological polar surface area (TPSA) is 118 Å². The van der Waals surface area contributed by atoms with Crippen molar-refractivity contribution in [3.8, 4) is 0 Å². The lowest BCUT2D eigenvalue weighted by Crippen LogP contribution is -2.27. The third-order valence-corrected chi connectivity index (χ3v) is 4.79. The summed E-state index contributed by atoms with van der Waals surface area (Å²) in [5, 5.41) is 5.25. The van der Waals surface area contributed by atoms with Crippen molar-refractivity contribution in [2.45, 2.75) is 19.8 Å². The first-order valence-electron chi connectivity index (χ1n) is 8.12. The number of benzene rings is 1. The second-order valence-electron chi connectivity index (χ2n) is 5.53. The number of carbonyl (C=O) groups is 2. The van der Waals surface area contributed by atoms with Crippen molar-refractivity contribution in [1.82, 2.24) is 5.32 Å². The van der Waals surface area contributed by atoms with Crippen LogP contribution in [0.3, 0.4) is 0 Å². The van der Waals surface area contributed by atoms with E-state index in [9.17, 15) is 18.0 Å². The number of carbonyl (C=O) groups excluding carboxylic acids is 2. The molecule has 2 aromatic rings. The molecule has 0 spiro atoms. The van der Waals surface area contributed by atoms with Crippen LogP contribution < -0.4 is 15.4 Å². The maximum atomic E-state index is 11.9. The summed E-state index contributed by atoms with van der Waals surface area (Å²) in [6.07, 6.45) is 2.02. The maximum absolute atomic E-state index is 11.9. The van der Waals surface area contributed by atoms with Gasteiger partial charge in [0.15, 0.2) is 5.76 Å². The van der Waals surface area contributed by atoms with Crippen LogP contribution in [0.15, 0.2) is 47.1 Å². The fourth-order valence-corrected chi connectivity index (χ4v) is 3.26. The standard InChI is InChI=1S/C17H21N3O5S/c1-2-12-26(23,24)20-14-7-5-13(6-8-14)19-16(21)9-10-18-17(22)15-4-3-11-25-15/h3-8,11,20H,2,9-10,12H2,1H3,(H,18,22)(H,19,21). The number of hydrogen-bond donors (Lipinski definition) is 3. The summed E-state index contributed by atoms with van der Waals surface area (Å²) in [5.74, 6) is -0.419. The van der Waals surface area contributed by atoms with Crippen LogP contribution in [0, 0.1) is 0 Å². The van der Waals surface area contributed by atoms with Gasteiger partial charge in [-0.05, 0) is 42.8 Å². The maximum Gasteiger partial charge on any atom is 0.286 e. The molecule has 0 saturated carbocycles. The first-order chi connectivity index (χ1) is 12.4. The first-order valence-corrected chi connectivity index (χ1v) is 9.77. The van der Waals surface area contributed by atoms with Crippen molar-refractivity contribution in [1.29, 1.82) is 0 Å². The number of hydrogen-bond acceptors (Lipinski definition) is 5. The molecule has 1 aromatic heterocycles. The molecule has 0 aliphatic carbocycles. The molecule has 1 aromatic carbocycles. The Hall–Kier alpha value is -2.81. The van der Waals surface area contributed by atoms with E-state index in [0.29, 0.717) is 17.8 Å². The van der Waals surface area contributed by atoms with Crippen molar-refractivity contribution in [3.05, 3.63) is 48.4 Å². The van der Waals surface area contributed by atoms with Gasteiger partial charge in [0.05, 0.1) is 12.0 Å². The third-order valence-electron chi connectivity index (χ3n) is 3.30. The van der Waals surface area contributed by atoms with E-state index in [1.807, 2.05) is 0 Å². The first kappa shape index (κ1) is 19.5. The minimum Gasteiger partial charge on any atom is -0.459 e. The molecule has 0 saturated heterocycles. The molecule has 2 rings (SSSR count). The number of sulfonamides is 1. The predicted octanol–water partition coefficient (Wildman–Crippen LogP) is 2.19. The summed E-state index contributed by atoms with van der Waals surface area (Å²) < 4.78 is 30.8. The van der Waals surface area contributed by atoms with Gasteiger partial charge in [0.1, 0.15) is 0 Å². The van der Waals surface area contributed by atoms with Crippen LogP contribution in [0.2, 0.25) is 0 Å². The summed E-state index contributed by atoms with van der Waals surface area (Å²) in [5.41, 5.74) is 0.966. The number of amides is 2. The second-order valence-corrected chi connectivity index (χ2v) is 7.37. The van der Waals surface area contributed by atoms with Crippen LogP contribution in [-0.4, -0.2) is 32.5 Å². The lowest BCUT2D eigenvalue weighted by Gasteiger charge is -2.09. The molecule has 0 fully saturated rings.